The average Bonchev–Trinajstić information content (AvgIpc) is 3.04. The number of rotatable bonds is 4. The summed E-state index contributed by atoms with van der Waals surface area (Å²) in [6.45, 7) is 4.33. The van der Waals surface area contributed by atoms with Crippen molar-refractivity contribution < 1.29 is 14.3 Å². The second kappa shape index (κ2) is 7.40. The van der Waals surface area contributed by atoms with Crippen molar-refractivity contribution >= 4 is 17.6 Å². The van der Waals surface area contributed by atoms with Crippen LogP contribution in [-0.2, 0) is 20.9 Å². The van der Waals surface area contributed by atoms with Crippen LogP contribution in [-0.4, -0.2) is 18.4 Å². The Morgan fingerprint density at radius 1 is 1.23 bits per heavy atom. The highest BCUT2D eigenvalue weighted by Gasteiger charge is 2.36. The normalized spacial score (nSPS) is 16.4. The molecule has 0 unspecified atom stereocenters. The van der Waals surface area contributed by atoms with Crippen molar-refractivity contribution in [3.05, 3.63) is 64.7 Å². The number of benzene rings is 2. The van der Waals surface area contributed by atoms with Gasteiger partial charge in [0, 0.05) is 24.2 Å². The molecule has 0 saturated carbocycles. The van der Waals surface area contributed by atoms with Crippen molar-refractivity contribution in [1.82, 2.24) is 0 Å². The lowest BCUT2D eigenvalue weighted by Crippen LogP contribution is -2.27. The Morgan fingerprint density at radius 2 is 2.00 bits per heavy atom. The van der Waals surface area contributed by atoms with E-state index in [0.29, 0.717) is 17.7 Å². The number of anilines is 1. The maximum atomic E-state index is 12.4. The van der Waals surface area contributed by atoms with E-state index in [1.54, 1.807) is 29.2 Å². The first kappa shape index (κ1) is 17.7. The van der Waals surface area contributed by atoms with Gasteiger partial charge in [0.15, 0.2) is 0 Å². The van der Waals surface area contributed by atoms with Crippen LogP contribution in [0.15, 0.2) is 42.5 Å². The average molecular weight is 348 g/mol. The van der Waals surface area contributed by atoms with Crippen LogP contribution in [0.5, 0.6) is 0 Å². The number of esters is 1. The number of aryl methyl sites for hydroxylation is 1. The van der Waals surface area contributed by atoms with Crippen molar-refractivity contribution in [2.75, 3.05) is 11.4 Å². The zero-order valence-corrected chi connectivity index (χ0v) is 14.9. The number of nitriles is 1. The number of ether oxygens (including phenoxy) is 1. The van der Waals surface area contributed by atoms with Crippen LogP contribution in [0.2, 0.25) is 0 Å². The van der Waals surface area contributed by atoms with Gasteiger partial charge < -0.3 is 9.64 Å². The molecule has 1 aliphatic rings. The van der Waals surface area contributed by atoms with E-state index in [0.717, 1.165) is 16.8 Å². The minimum atomic E-state index is -0.489. The first-order valence-corrected chi connectivity index (χ1v) is 8.52. The number of hydrogen-bond acceptors (Lipinski definition) is 4. The van der Waals surface area contributed by atoms with E-state index < -0.39 is 11.9 Å². The van der Waals surface area contributed by atoms with Gasteiger partial charge in [0.2, 0.25) is 5.91 Å². The smallest absolute Gasteiger partial charge is 0.311 e. The van der Waals surface area contributed by atoms with E-state index >= 15 is 0 Å². The molecule has 0 aliphatic carbocycles. The van der Waals surface area contributed by atoms with Crippen LogP contribution in [0.4, 0.5) is 5.69 Å². The molecule has 1 atom stereocenters. The van der Waals surface area contributed by atoms with Gasteiger partial charge in [-0.15, -0.1) is 0 Å². The number of amides is 1. The molecule has 1 aliphatic heterocycles. The van der Waals surface area contributed by atoms with Crippen LogP contribution in [0.25, 0.3) is 0 Å². The van der Waals surface area contributed by atoms with E-state index in [1.165, 1.54) is 0 Å². The zero-order chi connectivity index (χ0) is 18.7. The molecule has 1 heterocycles. The highest BCUT2D eigenvalue weighted by atomic mass is 16.5. The summed E-state index contributed by atoms with van der Waals surface area (Å²) >= 11 is 0. The molecule has 0 radical (unpaired) electrons. The summed E-state index contributed by atoms with van der Waals surface area (Å²) in [7, 11) is 0. The predicted octanol–water partition coefficient (Wildman–Crippen LogP) is 3.27. The van der Waals surface area contributed by atoms with Gasteiger partial charge in [-0.25, -0.2) is 0 Å². The molecule has 2 aromatic carbocycles. The predicted molar refractivity (Wildman–Crippen MR) is 97.3 cm³/mol. The molecule has 2 aromatic rings. The lowest BCUT2D eigenvalue weighted by atomic mass is 10.1. The summed E-state index contributed by atoms with van der Waals surface area (Å²) < 4.78 is 5.37. The number of nitrogens with zero attached hydrogens (tertiary/aromatic N) is 2. The van der Waals surface area contributed by atoms with Crippen LogP contribution >= 0.6 is 0 Å². The molecular formula is C21H20N2O3. The van der Waals surface area contributed by atoms with Gasteiger partial charge in [-0.2, -0.15) is 5.26 Å². The second-order valence-corrected chi connectivity index (χ2v) is 6.50. The van der Waals surface area contributed by atoms with Gasteiger partial charge in [0.1, 0.15) is 6.61 Å². The largest absolute Gasteiger partial charge is 0.460 e. The summed E-state index contributed by atoms with van der Waals surface area (Å²) in [6, 6.07) is 14.9. The summed E-state index contributed by atoms with van der Waals surface area (Å²) in [5, 5.41) is 9.10. The minimum Gasteiger partial charge on any atom is -0.460 e. The maximum Gasteiger partial charge on any atom is 0.311 e. The summed E-state index contributed by atoms with van der Waals surface area (Å²) in [5.74, 6) is -0.964. The number of carbonyl (C=O) groups excluding carboxylic acids is 2. The van der Waals surface area contributed by atoms with Gasteiger partial charge in [-0.05, 0) is 37.1 Å². The Kier molecular flexibility index (Phi) is 5.04. The molecule has 132 valence electrons. The van der Waals surface area contributed by atoms with E-state index in [4.69, 9.17) is 10.00 Å². The third kappa shape index (κ3) is 3.45. The Morgan fingerprint density at radius 3 is 2.77 bits per heavy atom. The molecule has 26 heavy (non-hydrogen) atoms. The second-order valence-electron chi connectivity index (χ2n) is 6.50. The van der Waals surface area contributed by atoms with Gasteiger partial charge in [0.05, 0.1) is 17.6 Å². The number of carbonyl (C=O) groups is 2. The first-order chi connectivity index (χ1) is 12.5. The Balaban J connectivity index is 1.68. The van der Waals surface area contributed by atoms with E-state index in [2.05, 4.69) is 6.07 Å². The van der Waals surface area contributed by atoms with Crippen molar-refractivity contribution in [1.29, 1.82) is 5.26 Å². The van der Waals surface area contributed by atoms with Crippen LogP contribution in [0.1, 0.15) is 28.7 Å². The van der Waals surface area contributed by atoms with Crippen LogP contribution in [0, 0.1) is 31.1 Å². The van der Waals surface area contributed by atoms with Crippen LogP contribution in [0.3, 0.4) is 0 Å². The Hall–Kier alpha value is -3.13. The van der Waals surface area contributed by atoms with Gasteiger partial charge in [-0.1, -0.05) is 30.3 Å². The first-order valence-electron chi connectivity index (χ1n) is 8.52. The van der Waals surface area contributed by atoms with Gasteiger partial charge >= 0.3 is 5.97 Å². The van der Waals surface area contributed by atoms with Crippen molar-refractivity contribution in [2.24, 2.45) is 5.92 Å². The SMILES string of the molecule is Cc1cccc(N2C[C@H](C(=O)OCc3ccccc3C#N)CC2=O)c1C. The topological polar surface area (TPSA) is 70.4 Å². The molecule has 0 spiro atoms. The molecule has 3 rings (SSSR count). The molecule has 0 aromatic heterocycles. The fraction of sp³-hybridized carbons (Fsp3) is 0.286. The van der Waals surface area contributed by atoms with Crippen LogP contribution < -0.4 is 4.90 Å². The van der Waals surface area contributed by atoms with Crippen molar-refractivity contribution in [3.8, 4) is 6.07 Å². The van der Waals surface area contributed by atoms with E-state index in [1.807, 2.05) is 32.0 Å². The fourth-order valence-corrected chi connectivity index (χ4v) is 3.15. The molecule has 0 bridgehead atoms. The molecule has 5 nitrogen and oxygen atoms in total. The van der Waals surface area contributed by atoms with Crippen molar-refractivity contribution in [3.63, 3.8) is 0 Å². The highest BCUT2D eigenvalue weighted by Crippen LogP contribution is 2.30. The third-order valence-corrected chi connectivity index (χ3v) is 4.83. The molecule has 5 heteroatoms. The Bertz CT molecular complexity index is 898. The minimum absolute atomic E-state index is 0.0384. The zero-order valence-electron chi connectivity index (χ0n) is 14.9. The molecule has 1 saturated heterocycles. The standard InChI is InChI=1S/C21H20N2O3/c1-14-6-5-9-19(15(14)2)23-12-18(10-20(23)24)21(25)26-13-17-8-4-3-7-16(17)11-22/h3-9,18H,10,12-13H2,1-2H3/t18-/m1/s1. The van der Waals surface area contributed by atoms with Crippen molar-refractivity contribution in [2.45, 2.75) is 26.9 Å². The molecule has 0 N–H and O–H groups in total. The van der Waals surface area contributed by atoms with Gasteiger partial charge in [0.25, 0.3) is 0 Å². The molecule has 1 amide bonds. The number of hydrogen-bond donors (Lipinski definition) is 0. The summed E-state index contributed by atoms with van der Waals surface area (Å²) in [4.78, 5) is 26.5. The fourth-order valence-electron chi connectivity index (χ4n) is 3.15. The third-order valence-electron chi connectivity index (χ3n) is 4.83. The van der Waals surface area contributed by atoms with Gasteiger partial charge in [-0.3, -0.25) is 9.59 Å². The monoisotopic (exact) mass is 348 g/mol. The lowest BCUT2D eigenvalue weighted by Gasteiger charge is -2.20. The summed E-state index contributed by atoms with van der Waals surface area (Å²) in [5.41, 5.74) is 4.14. The summed E-state index contributed by atoms with van der Waals surface area (Å²) in [6.07, 6.45) is 0.145. The maximum absolute atomic E-state index is 12.4. The molecule has 1 fully saturated rings. The molecular weight excluding hydrogens is 328 g/mol. The van der Waals surface area contributed by atoms with E-state index in [-0.39, 0.29) is 18.9 Å². The highest BCUT2D eigenvalue weighted by molar-refractivity contribution is 6.00. The van der Waals surface area contributed by atoms with E-state index in [9.17, 15) is 9.59 Å². The Labute approximate surface area is 152 Å². The quantitative estimate of drug-likeness (QED) is 0.795. The lowest BCUT2D eigenvalue weighted by molar-refractivity contribution is -0.149.